The number of carbonyl (C=O) groups is 2. The van der Waals surface area contributed by atoms with Crippen molar-refractivity contribution < 1.29 is 38.1 Å². The minimum absolute atomic E-state index is 0.0653. The normalized spacial score (nSPS) is 30.5. The summed E-state index contributed by atoms with van der Waals surface area (Å²) in [5.41, 5.74) is -3.30. The molecule has 1 amide bonds. The number of alkyl halides is 3. The molecule has 0 spiro atoms. The van der Waals surface area contributed by atoms with Crippen LogP contribution in [-0.4, -0.2) is 56.6 Å². The van der Waals surface area contributed by atoms with E-state index in [9.17, 15) is 27.9 Å². The zero-order valence-corrected chi connectivity index (χ0v) is 7.73. The number of hydrogen-bond acceptors (Lipinski definition) is 3. The second kappa shape index (κ2) is 3.51. The lowest BCUT2D eigenvalue weighted by Crippen LogP contribution is -2.47. The Hall–Kier alpha value is -1.51. The predicted octanol–water partition coefficient (Wildman–Crippen LogP) is 0.117. The molecule has 1 heterocycles. The van der Waals surface area contributed by atoms with Gasteiger partial charge >= 0.3 is 18.2 Å². The van der Waals surface area contributed by atoms with Crippen LogP contribution in [-0.2, 0) is 4.79 Å². The molecule has 1 saturated heterocycles. The first-order valence-corrected chi connectivity index (χ1v) is 4.10. The molecule has 1 rings (SSSR count). The highest BCUT2D eigenvalue weighted by molar-refractivity contribution is 5.80. The lowest BCUT2D eigenvalue weighted by atomic mass is 10.00. The van der Waals surface area contributed by atoms with E-state index >= 15 is 0 Å². The topological polar surface area (TPSA) is 98.1 Å². The lowest BCUT2D eigenvalue weighted by molar-refractivity contribution is -0.253. The maximum absolute atomic E-state index is 12.4. The first-order valence-electron chi connectivity index (χ1n) is 4.10. The van der Waals surface area contributed by atoms with Crippen LogP contribution >= 0.6 is 0 Å². The van der Waals surface area contributed by atoms with Crippen molar-refractivity contribution in [3.8, 4) is 0 Å². The number of aliphatic carboxylic acids is 1. The first kappa shape index (κ1) is 12.6. The van der Waals surface area contributed by atoms with Gasteiger partial charge in [0.05, 0.1) is 6.54 Å². The molecular formula is C7H8F3NO5. The average Bonchev–Trinajstić information content (AvgIpc) is 2.43. The maximum Gasteiger partial charge on any atom is 0.419 e. The summed E-state index contributed by atoms with van der Waals surface area (Å²) < 4.78 is 37.1. The number of nitrogens with zero attached hydrogens (tertiary/aromatic N) is 1. The van der Waals surface area contributed by atoms with Gasteiger partial charge in [0, 0.05) is 6.42 Å². The molecule has 0 aromatic heterocycles. The van der Waals surface area contributed by atoms with Crippen LogP contribution in [0.1, 0.15) is 6.42 Å². The third kappa shape index (κ3) is 1.90. The predicted molar refractivity (Wildman–Crippen MR) is 41.8 cm³/mol. The van der Waals surface area contributed by atoms with Crippen LogP contribution < -0.4 is 0 Å². The summed E-state index contributed by atoms with van der Waals surface area (Å²) in [5, 5.41) is 26.2. The van der Waals surface area contributed by atoms with Gasteiger partial charge in [0.1, 0.15) is 6.04 Å². The largest absolute Gasteiger partial charge is 0.480 e. The Bertz CT molecular complexity index is 306. The van der Waals surface area contributed by atoms with Crippen molar-refractivity contribution in [2.24, 2.45) is 0 Å². The van der Waals surface area contributed by atoms with E-state index in [2.05, 4.69) is 0 Å². The monoisotopic (exact) mass is 243 g/mol. The van der Waals surface area contributed by atoms with Gasteiger partial charge in [0.15, 0.2) is 5.60 Å². The van der Waals surface area contributed by atoms with Gasteiger partial charge in [-0.1, -0.05) is 0 Å². The van der Waals surface area contributed by atoms with Crippen LogP contribution in [0, 0.1) is 0 Å². The Morgan fingerprint density at radius 1 is 1.31 bits per heavy atom. The summed E-state index contributed by atoms with van der Waals surface area (Å²) in [4.78, 5) is 21.1. The maximum atomic E-state index is 12.4. The van der Waals surface area contributed by atoms with Gasteiger partial charge in [0.25, 0.3) is 0 Å². The van der Waals surface area contributed by atoms with Crippen molar-refractivity contribution in [2.75, 3.05) is 6.54 Å². The molecule has 0 aromatic rings. The van der Waals surface area contributed by atoms with Crippen molar-refractivity contribution in [2.45, 2.75) is 24.2 Å². The molecular weight excluding hydrogens is 235 g/mol. The van der Waals surface area contributed by atoms with E-state index in [4.69, 9.17) is 10.2 Å². The lowest BCUT2D eigenvalue weighted by Gasteiger charge is -2.24. The number of carboxylic acids is 1. The van der Waals surface area contributed by atoms with Gasteiger partial charge in [-0.25, -0.2) is 9.59 Å². The molecule has 3 N–H and O–H groups in total. The molecule has 16 heavy (non-hydrogen) atoms. The number of hydrogen-bond donors (Lipinski definition) is 3. The summed E-state index contributed by atoms with van der Waals surface area (Å²) in [6.07, 6.45) is -8.07. The summed E-state index contributed by atoms with van der Waals surface area (Å²) >= 11 is 0. The molecule has 92 valence electrons. The second-order valence-electron chi connectivity index (χ2n) is 3.50. The fraction of sp³-hybridized carbons (Fsp3) is 0.714. The number of likely N-dealkylation sites (tertiary alicyclic amines) is 1. The Morgan fingerprint density at radius 2 is 1.81 bits per heavy atom. The summed E-state index contributed by atoms with van der Waals surface area (Å²) in [6.45, 7) is -1.29. The van der Waals surface area contributed by atoms with Crippen molar-refractivity contribution >= 4 is 12.1 Å². The summed E-state index contributed by atoms with van der Waals surface area (Å²) in [5.74, 6) is -1.72. The van der Waals surface area contributed by atoms with Gasteiger partial charge in [-0.15, -0.1) is 0 Å². The quantitative estimate of drug-likeness (QED) is 0.607. The second-order valence-corrected chi connectivity index (χ2v) is 3.50. The van der Waals surface area contributed by atoms with Gasteiger partial charge in [-0.05, 0) is 0 Å². The molecule has 1 aliphatic rings. The number of β-amino-alcohol motifs (C(OH)–C–C–N with tert-alkyl or cyclic N) is 1. The highest BCUT2D eigenvalue weighted by Gasteiger charge is 2.62. The SMILES string of the molecule is O=C(O)[C@H]1C[C@](O)(C(F)(F)F)CN1C(=O)O. The van der Waals surface area contributed by atoms with Gasteiger partial charge < -0.3 is 15.3 Å². The Kier molecular flexibility index (Phi) is 2.75. The van der Waals surface area contributed by atoms with Crippen molar-refractivity contribution in [3.05, 3.63) is 0 Å². The number of amides is 1. The first-order chi connectivity index (χ1) is 7.08. The van der Waals surface area contributed by atoms with Crippen LogP contribution in [0.4, 0.5) is 18.0 Å². The zero-order chi connectivity index (χ0) is 12.7. The highest BCUT2D eigenvalue weighted by atomic mass is 19.4. The van der Waals surface area contributed by atoms with Crippen LogP contribution in [0.5, 0.6) is 0 Å². The van der Waals surface area contributed by atoms with E-state index in [0.29, 0.717) is 0 Å². The standard InChI is InChI=1S/C7H8F3NO5/c8-7(9,10)6(16)1-3(4(12)13)11(2-6)5(14)15/h3,16H,1-2H2,(H,12,13)(H,14,15)/t3-,6-/m1/s1. The van der Waals surface area contributed by atoms with E-state index in [1.807, 2.05) is 0 Å². The molecule has 6 nitrogen and oxygen atoms in total. The molecule has 0 saturated carbocycles. The molecule has 0 radical (unpaired) electrons. The highest BCUT2D eigenvalue weighted by Crippen LogP contribution is 2.40. The van der Waals surface area contributed by atoms with Gasteiger partial charge in [0.2, 0.25) is 0 Å². The van der Waals surface area contributed by atoms with Crippen molar-refractivity contribution in [1.29, 1.82) is 0 Å². The molecule has 1 fully saturated rings. The minimum atomic E-state index is -5.06. The molecule has 0 bridgehead atoms. The molecule has 0 aliphatic carbocycles. The number of halogens is 3. The van der Waals surface area contributed by atoms with E-state index in [0.717, 1.165) is 0 Å². The average molecular weight is 243 g/mol. The Labute approximate surface area is 86.9 Å². The van der Waals surface area contributed by atoms with Crippen LogP contribution in [0.2, 0.25) is 0 Å². The molecule has 0 aromatic carbocycles. The molecule has 9 heteroatoms. The van der Waals surface area contributed by atoms with E-state index in [1.165, 1.54) is 0 Å². The van der Waals surface area contributed by atoms with Crippen LogP contribution in [0.3, 0.4) is 0 Å². The van der Waals surface area contributed by atoms with Gasteiger partial charge in [-0.2, -0.15) is 13.2 Å². The molecule has 2 atom stereocenters. The van der Waals surface area contributed by atoms with E-state index < -0.39 is 42.8 Å². The number of carboxylic acid groups (broad SMARTS) is 2. The van der Waals surface area contributed by atoms with Crippen LogP contribution in [0.25, 0.3) is 0 Å². The van der Waals surface area contributed by atoms with E-state index in [-0.39, 0.29) is 4.90 Å². The zero-order valence-electron chi connectivity index (χ0n) is 7.73. The van der Waals surface area contributed by atoms with E-state index in [1.54, 1.807) is 0 Å². The fourth-order valence-electron chi connectivity index (χ4n) is 1.51. The summed E-state index contributed by atoms with van der Waals surface area (Å²) in [6, 6.07) is -1.89. The molecule has 1 aliphatic heterocycles. The van der Waals surface area contributed by atoms with Crippen molar-refractivity contribution in [3.63, 3.8) is 0 Å². The fourth-order valence-corrected chi connectivity index (χ4v) is 1.51. The smallest absolute Gasteiger partial charge is 0.419 e. The third-order valence-electron chi connectivity index (χ3n) is 2.40. The van der Waals surface area contributed by atoms with Gasteiger partial charge in [-0.3, -0.25) is 4.90 Å². The van der Waals surface area contributed by atoms with Crippen LogP contribution in [0.15, 0.2) is 0 Å². The molecule has 0 unspecified atom stereocenters. The number of aliphatic hydroxyl groups is 1. The van der Waals surface area contributed by atoms with Crippen molar-refractivity contribution in [1.82, 2.24) is 4.90 Å². The minimum Gasteiger partial charge on any atom is -0.480 e. The third-order valence-corrected chi connectivity index (χ3v) is 2.40. The number of rotatable bonds is 1. The Balaban J connectivity index is 3.01. The summed E-state index contributed by atoms with van der Waals surface area (Å²) in [7, 11) is 0. The Morgan fingerprint density at radius 3 is 2.06 bits per heavy atom.